The zero-order valence-electron chi connectivity index (χ0n) is 16.7. The highest BCUT2D eigenvalue weighted by atomic mass is 35.5. The third-order valence-electron chi connectivity index (χ3n) is 4.63. The number of carbonyl (C=O) groups is 1. The third-order valence-corrected chi connectivity index (χ3v) is 4.63. The number of nitrogens with zero attached hydrogens (tertiary/aromatic N) is 1. The van der Waals surface area contributed by atoms with Gasteiger partial charge in [0.25, 0.3) is 0 Å². The number of hydrogen-bond donors (Lipinski definition) is 2. The number of hydrogen-bond acceptors (Lipinski definition) is 4. The van der Waals surface area contributed by atoms with Crippen molar-refractivity contribution in [3.05, 3.63) is 35.4 Å². The number of likely N-dealkylation sites (tertiary alicyclic amines) is 1. The molecule has 1 aliphatic rings. The summed E-state index contributed by atoms with van der Waals surface area (Å²) in [6.07, 6.45) is 1.34. The average molecular weight is 420 g/mol. The van der Waals surface area contributed by atoms with Gasteiger partial charge in [-0.3, -0.25) is 9.69 Å². The van der Waals surface area contributed by atoms with Crippen molar-refractivity contribution in [1.82, 2.24) is 15.5 Å². The standard InChI is InChI=1S/C20H33N3O2.2ClH/c1-16-10-17(2)14-23(13-16)15-19-6-4-18(5-7-19)11-22-20(24)12-21-8-9-25-3;;/h4-7,16-17,21H,8-15H2,1-3H3,(H,22,24);2*1H. The molecular weight excluding hydrogens is 385 g/mol. The Balaban J connectivity index is 0.00000338. The van der Waals surface area contributed by atoms with Crippen LogP contribution in [0, 0.1) is 11.8 Å². The topological polar surface area (TPSA) is 53.6 Å². The molecule has 7 heteroatoms. The summed E-state index contributed by atoms with van der Waals surface area (Å²) in [5.74, 6) is 1.59. The Labute approximate surface area is 176 Å². The van der Waals surface area contributed by atoms with Crippen LogP contribution in [0.1, 0.15) is 31.4 Å². The van der Waals surface area contributed by atoms with E-state index in [1.165, 1.54) is 25.1 Å². The summed E-state index contributed by atoms with van der Waals surface area (Å²) in [5.41, 5.74) is 2.48. The first kappa shape index (κ1) is 26.1. The van der Waals surface area contributed by atoms with Crippen LogP contribution in [0.4, 0.5) is 0 Å². The van der Waals surface area contributed by atoms with Gasteiger partial charge in [-0.1, -0.05) is 38.1 Å². The molecule has 1 aromatic carbocycles. The molecule has 0 saturated carbocycles. The Morgan fingerprint density at radius 1 is 1.11 bits per heavy atom. The van der Waals surface area contributed by atoms with E-state index >= 15 is 0 Å². The molecule has 1 heterocycles. The Morgan fingerprint density at radius 2 is 1.70 bits per heavy atom. The minimum absolute atomic E-state index is 0. The first-order valence-electron chi connectivity index (χ1n) is 9.33. The molecular formula is C20H35Cl2N3O2. The van der Waals surface area contributed by atoms with E-state index in [0.717, 1.165) is 23.9 Å². The number of rotatable bonds is 9. The fraction of sp³-hybridized carbons (Fsp3) is 0.650. The largest absolute Gasteiger partial charge is 0.383 e. The first-order chi connectivity index (χ1) is 12.1. The second-order valence-electron chi connectivity index (χ2n) is 7.40. The van der Waals surface area contributed by atoms with Crippen LogP contribution < -0.4 is 10.6 Å². The number of benzene rings is 1. The highest BCUT2D eigenvalue weighted by Gasteiger charge is 2.21. The van der Waals surface area contributed by atoms with Crippen LogP contribution in [-0.4, -0.2) is 50.7 Å². The summed E-state index contributed by atoms with van der Waals surface area (Å²) in [7, 11) is 1.65. The molecule has 5 nitrogen and oxygen atoms in total. The maximum atomic E-state index is 11.7. The predicted octanol–water partition coefficient (Wildman–Crippen LogP) is 2.86. The molecule has 1 amide bonds. The van der Waals surface area contributed by atoms with E-state index < -0.39 is 0 Å². The summed E-state index contributed by atoms with van der Waals surface area (Å²) in [5, 5.41) is 5.98. The lowest BCUT2D eigenvalue weighted by atomic mass is 9.91. The Bertz CT molecular complexity index is 518. The van der Waals surface area contributed by atoms with Crippen molar-refractivity contribution in [2.24, 2.45) is 11.8 Å². The Kier molecular flexibility index (Phi) is 13.7. The minimum atomic E-state index is 0. The van der Waals surface area contributed by atoms with Crippen molar-refractivity contribution in [3.8, 4) is 0 Å². The van der Waals surface area contributed by atoms with Gasteiger partial charge >= 0.3 is 0 Å². The van der Waals surface area contributed by atoms with E-state index in [0.29, 0.717) is 26.2 Å². The summed E-state index contributed by atoms with van der Waals surface area (Å²) in [6, 6.07) is 8.60. The maximum absolute atomic E-state index is 11.7. The number of piperidine rings is 1. The van der Waals surface area contributed by atoms with E-state index in [-0.39, 0.29) is 30.7 Å². The smallest absolute Gasteiger partial charge is 0.234 e. The number of amides is 1. The van der Waals surface area contributed by atoms with E-state index in [2.05, 4.69) is 53.6 Å². The van der Waals surface area contributed by atoms with E-state index in [1.807, 2.05) is 0 Å². The van der Waals surface area contributed by atoms with Crippen molar-refractivity contribution in [2.45, 2.75) is 33.4 Å². The Hall–Kier alpha value is -0.850. The lowest BCUT2D eigenvalue weighted by Gasteiger charge is -2.35. The van der Waals surface area contributed by atoms with Crippen molar-refractivity contribution in [2.75, 3.05) is 39.9 Å². The molecule has 2 unspecified atom stereocenters. The third kappa shape index (κ3) is 10.3. The summed E-state index contributed by atoms with van der Waals surface area (Å²) in [4.78, 5) is 14.3. The van der Waals surface area contributed by atoms with Crippen molar-refractivity contribution < 1.29 is 9.53 Å². The fourth-order valence-electron chi connectivity index (χ4n) is 3.58. The summed E-state index contributed by atoms with van der Waals surface area (Å²) in [6.45, 7) is 10.3. The van der Waals surface area contributed by atoms with Crippen LogP contribution in [0.25, 0.3) is 0 Å². The molecule has 2 rings (SSSR count). The zero-order chi connectivity index (χ0) is 18.1. The lowest BCUT2D eigenvalue weighted by Crippen LogP contribution is -2.38. The van der Waals surface area contributed by atoms with Crippen molar-refractivity contribution in [1.29, 1.82) is 0 Å². The highest BCUT2D eigenvalue weighted by molar-refractivity contribution is 5.85. The average Bonchev–Trinajstić information content (AvgIpc) is 2.57. The summed E-state index contributed by atoms with van der Waals surface area (Å²) >= 11 is 0. The second kappa shape index (κ2) is 14.2. The number of methoxy groups -OCH3 is 1. The molecule has 0 radical (unpaired) electrons. The number of halogens is 2. The summed E-state index contributed by atoms with van der Waals surface area (Å²) < 4.78 is 4.93. The predicted molar refractivity (Wildman–Crippen MR) is 116 cm³/mol. The fourth-order valence-corrected chi connectivity index (χ4v) is 3.58. The van der Waals surface area contributed by atoms with E-state index in [1.54, 1.807) is 7.11 Å². The molecule has 1 fully saturated rings. The van der Waals surface area contributed by atoms with Crippen LogP contribution in [0.5, 0.6) is 0 Å². The Morgan fingerprint density at radius 3 is 2.30 bits per heavy atom. The zero-order valence-corrected chi connectivity index (χ0v) is 18.3. The van der Waals surface area contributed by atoms with Gasteiger partial charge < -0.3 is 15.4 Å². The van der Waals surface area contributed by atoms with Crippen molar-refractivity contribution in [3.63, 3.8) is 0 Å². The molecule has 1 aromatic rings. The van der Waals surface area contributed by atoms with Crippen LogP contribution in [0.2, 0.25) is 0 Å². The van der Waals surface area contributed by atoms with Crippen LogP contribution in [0.3, 0.4) is 0 Å². The van der Waals surface area contributed by atoms with Gasteiger partial charge in [0.05, 0.1) is 13.2 Å². The quantitative estimate of drug-likeness (QED) is 0.604. The minimum Gasteiger partial charge on any atom is -0.383 e. The van der Waals surface area contributed by atoms with Crippen LogP contribution in [-0.2, 0) is 22.6 Å². The maximum Gasteiger partial charge on any atom is 0.234 e. The number of nitrogens with one attached hydrogen (secondary N) is 2. The van der Waals surface area contributed by atoms with Gasteiger partial charge in [-0.15, -0.1) is 24.8 Å². The normalized spacial score (nSPS) is 19.7. The van der Waals surface area contributed by atoms with Crippen LogP contribution >= 0.6 is 24.8 Å². The van der Waals surface area contributed by atoms with Crippen molar-refractivity contribution >= 4 is 30.7 Å². The van der Waals surface area contributed by atoms with E-state index in [4.69, 9.17) is 4.74 Å². The molecule has 27 heavy (non-hydrogen) atoms. The van der Waals surface area contributed by atoms with E-state index in [9.17, 15) is 4.79 Å². The number of ether oxygens (including phenoxy) is 1. The van der Waals surface area contributed by atoms with Crippen LogP contribution in [0.15, 0.2) is 24.3 Å². The second-order valence-corrected chi connectivity index (χ2v) is 7.40. The molecule has 1 aliphatic heterocycles. The molecule has 0 aliphatic carbocycles. The molecule has 2 atom stereocenters. The monoisotopic (exact) mass is 419 g/mol. The van der Waals surface area contributed by atoms with Gasteiger partial charge in [0.2, 0.25) is 5.91 Å². The highest BCUT2D eigenvalue weighted by Crippen LogP contribution is 2.22. The molecule has 0 aromatic heterocycles. The molecule has 0 spiro atoms. The molecule has 2 N–H and O–H groups in total. The van der Waals surface area contributed by atoms with Gasteiger partial charge in [-0.2, -0.15) is 0 Å². The van der Waals surface area contributed by atoms with Gasteiger partial charge in [-0.25, -0.2) is 0 Å². The van der Waals surface area contributed by atoms with Gasteiger partial charge in [-0.05, 0) is 29.4 Å². The molecule has 1 saturated heterocycles. The van der Waals surface area contributed by atoms with Gasteiger partial charge in [0, 0.05) is 39.8 Å². The first-order valence-corrected chi connectivity index (χ1v) is 9.33. The lowest BCUT2D eigenvalue weighted by molar-refractivity contribution is -0.120. The SMILES string of the molecule is COCCNCC(=O)NCc1ccc(CN2CC(C)CC(C)C2)cc1.Cl.Cl. The molecule has 156 valence electrons. The molecule has 0 bridgehead atoms. The van der Waals surface area contributed by atoms with Gasteiger partial charge in [0.15, 0.2) is 0 Å². The van der Waals surface area contributed by atoms with Gasteiger partial charge in [0.1, 0.15) is 0 Å². The number of carbonyl (C=O) groups excluding carboxylic acids is 1.